The van der Waals surface area contributed by atoms with Gasteiger partial charge >= 0.3 is 6.18 Å². The van der Waals surface area contributed by atoms with Gasteiger partial charge in [-0.2, -0.15) is 13.2 Å². The number of hydrogen-bond acceptors (Lipinski definition) is 5. The molecule has 0 fully saturated rings. The molecule has 4 N–H and O–H groups in total. The number of rotatable bonds is 7. The summed E-state index contributed by atoms with van der Waals surface area (Å²) in [4.78, 5) is 11.1. The molecule has 0 saturated heterocycles. The zero-order valence-corrected chi connectivity index (χ0v) is 9.89. The lowest BCUT2D eigenvalue weighted by Crippen LogP contribution is -2.39. The molecule has 108 valence electrons. The first-order valence-electron chi connectivity index (χ1n) is 5.44. The van der Waals surface area contributed by atoms with E-state index in [9.17, 15) is 18.0 Å². The van der Waals surface area contributed by atoms with Crippen LogP contribution in [0.5, 0.6) is 0 Å². The largest absolute Gasteiger partial charge is 0.401 e. The number of aromatic nitrogens is 3. The molecule has 0 aliphatic heterocycles. The van der Waals surface area contributed by atoms with Gasteiger partial charge in [0.15, 0.2) is 0 Å². The lowest BCUT2D eigenvalue weighted by atomic mass is 10.2. The number of aliphatic hydroxyl groups excluding tert-OH is 1. The van der Waals surface area contributed by atoms with Crippen LogP contribution in [-0.4, -0.2) is 45.3 Å². The van der Waals surface area contributed by atoms with E-state index in [4.69, 9.17) is 10.8 Å². The summed E-state index contributed by atoms with van der Waals surface area (Å²) in [5.41, 5.74) is 5.03. The Bertz CT molecular complexity index is 420. The Hall–Kier alpha value is -1.68. The summed E-state index contributed by atoms with van der Waals surface area (Å²) in [5.74, 6) is -0.974. The average molecular weight is 281 g/mol. The van der Waals surface area contributed by atoms with Crippen LogP contribution in [0.4, 0.5) is 13.2 Å². The highest BCUT2D eigenvalue weighted by molar-refractivity contribution is 5.80. The summed E-state index contributed by atoms with van der Waals surface area (Å²) in [6.45, 7) is -1.07. The second kappa shape index (κ2) is 6.48. The second-order valence-corrected chi connectivity index (χ2v) is 3.82. The van der Waals surface area contributed by atoms with Gasteiger partial charge in [0, 0.05) is 13.2 Å². The number of halogens is 3. The van der Waals surface area contributed by atoms with Gasteiger partial charge in [0.1, 0.15) is 11.7 Å². The number of nitrogens with one attached hydrogen (secondary N) is 1. The van der Waals surface area contributed by atoms with E-state index in [2.05, 4.69) is 10.3 Å². The van der Waals surface area contributed by atoms with Gasteiger partial charge in [-0.1, -0.05) is 5.21 Å². The highest BCUT2D eigenvalue weighted by Crippen LogP contribution is 2.16. The summed E-state index contributed by atoms with van der Waals surface area (Å²) in [5, 5.41) is 17.8. The number of aliphatic hydroxyl groups is 1. The van der Waals surface area contributed by atoms with Crippen LogP contribution >= 0.6 is 0 Å². The van der Waals surface area contributed by atoms with Crippen LogP contribution in [-0.2, 0) is 11.3 Å². The molecule has 1 amide bonds. The first kappa shape index (κ1) is 15.4. The number of nitrogens with two attached hydrogens (primary N) is 1. The summed E-state index contributed by atoms with van der Waals surface area (Å²) in [7, 11) is 0. The van der Waals surface area contributed by atoms with Gasteiger partial charge in [-0.25, -0.2) is 0 Å². The lowest BCUT2D eigenvalue weighted by Gasteiger charge is -2.14. The van der Waals surface area contributed by atoms with Crippen LogP contribution in [0.25, 0.3) is 0 Å². The van der Waals surface area contributed by atoms with Crippen molar-refractivity contribution >= 4 is 5.91 Å². The standard InChI is InChI=1S/C9H14F3N5O2/c10-9(11,12)5-14-7(8(13)19)6-4-17(16-15-6)2-1-3-18/h4,7,14,18H,1-3,5H2,(H2,13,19). The molecule has 7 nitrogen and oxygen atoms in total. The number of primary amides is 1. The number of carbonyl (C=O) groups is 1. The summed E-state index contributed by atoms with van der Waals surface area (Å²) >= 11 is 0. The third-order valence-corrected chi connectivity index (χ3v) is 2.19. The van der Waals surface area contributed by atoms with Gasteiger partial charge in [-0.05, 0) is 6.42 Å². The van der Waals surface area contributed by atoms with Crippen molar-refractivity contribution in [2.45, 2.75) is 25.2 Å². The van der Waals surface area contributed by atoms with Crippen molar-refractivity contribution in [1.29, 1.82) is 0 Å². The monoisotopic (exact) mass is 281 g/mol. The number of nitrogens with zero attached hydrogens (tertiary/aromatic N) is 3. The van der Waals surface area contributed by atoms with Gasteiger partial charge in [0.25, 0.3) is 0 Å². The molecule has 0 radical (unpaired) electrons. The molecule has 0 aromatic carbocycles. The van der Waals surface area contributed by atoms with Crippen molar-refractivity contribution in [2.75, 3.05) is 13.2 Å². The van der Waals surface area contributed by atoms with Crippen LogP contribution in [0.2, 0.25) is 0 Å². The molecule has 0 saturated carbocycles. The average Bonchev–Trinajstić information content (AvgIpc) is 2.73. The Labute approximate surface area is 106 Å². The molecular weight excluding hydrogens is 267 g/mol. The Morgan fingerprint density at radius 2 is 2.26 bits per heavy atom. The molecule has 1 unspecified atom stereocenters. The van der Waals surface area contributed by atoms with Gasteiger partial charge in [-0.3, -0.25) is 14.8 Å². The molecule has 1 aromatic heterocycles. The van der Waals surface area contributed by atoms with Gasteiger partial charge < -0.3 is 10.8 Å². The molecule has 0 aliphatic rings. The third-order valence-electron chi connectivity index (χ3n) is 2.19. The molecule has 0 spiro atoms. The van der Waals surface area contributed by atoms with Gasteiger partial charge in [0.2, 0.25) is 5.91 Å². The first-order valence-corrected chi connectivity index (χ1v) is 5.44. The highest BCUT2D eigenvalue weighted by Gasteiger charge is 2.31. The quantitative estimate of drug-likeness (QED) is 0.615. The molecule has 10 heteroatoms. The van der Waals surface area contributed by atoms with Gasteiger partial charge in [-0.15, -0.1) is 5.10 Å². The molecule has 1 aromatic rings. The van der Waals surface area contributed by atoms with E-state index >= 15 is 0 Å². The summed E-state index contributed by atoms with van der Waals surface area (Å²) in [6.07, 6.45) is -2.73. The van der Waals surface area contributed by atoms with Crippen LogP contribution in [0, 0.1) is 0 Å². The number of amides is 1. The van der Waals surface area contributed by atoms with Crippen LogP contribution in [0.15, 0.2) is 6.20 Å². The molecule has 19 heavy (non-hydrogen) atoms. The van der Waals surface area contributed by atoms with E-state index in [0.29, 0.717) is 13.0 Å². The Kier molecular flexibility index (Phi) is 5.24. The zero-order chi connectivity index (χ0) is 14.5. The molecule has 0 bridgehead atoms. The minimum Gasteiger partial charge on any atom is -0.396 e. The molecule has 1 heterocycles. The highest BCUT2D eigenvalue weighted by atomic mass is 19.4. The fraction of sp³-hybridized carbons (Fsp3) is 0.667. The third kappa shape index (κ3) is 5.22. The van der Waals surface area contributed by atoms with Gasteiger partial charge in [0.05, 0.1) is 12.7 Å². The van der Waals surface area contributed by atoms with Crippen molar-refractivity contribution in [3.05, 3.63) is 11.9 Å². The van der Waals surface area contributed by atoms with Crippen LogP contribution in [0.1, 0.15) is 18.2 Å². The van der Waals surface area contributed by atoms with Crippen molar-refractivity contribution in [3.8, 4) is 0 Å². The molecule has 0 aliphatic carbocycles. The predicted octanol–water partition coefficient (Wildman–Crippen LogP) is -0.661. The number of alkyl halides is 3. The number of aryl methyl sites for hydroxylation is 1. The maximum atomic E-state index is 12.1. The van der Waals surface area contributed by atoms with Crippen molar-refractivity contribution in [3.63, 3.8) is 0 Å². The molecule has 1 rings (SSSR count). The van der Waals surface area contributed by atoms with E-state index in [1.807, 2.05) is 5.32 Å². The van der Waals surface area contributed by atoms with Crippen molar-refractivity contribution < 1.29 is 23.1 Å². The fourth-order valence-electron chi connectivity index (χ4n) is 1.36. The Morgan fingerprint density at radius 3 is 2.79 bits per heavy atom. The molecule has 1 atom stereocenters. The van der Waals surface area contributed by atoms with E-state index in [1.165, 1.54) is 10.9 Å². The minimum atomic E-state index is -4.46. The smallest absolute Gasteiger partial charge is 0.396 e. The summed E-state index contributed by atoms with van der Waals surface area (Å²) < 4.78 is 37.6. The normalized spacial score (nSPS) is 13.5. The minimum absolute atomic E-state index is 0.00897. The zero-order valence-electron chi connectivity index (χ0n) is 9.89. The van der Waals surface area contributed by atoms with E-state index in [0.717, 1.165) is 0 Å². The SMILES string of the molecule is NC(=O)C(NCC(F)(F)F)c1cn(CCCO)nn1. The maximum Gasteiger partial charge on any atom is 0.401 e. The van der Waals surface area contributed by atoms with E-state index in [-0.39, 0.29) is 12.3 Å². The van der Waals surface area contributed by atoms with Crippen LogP contribution in [0.3, 0.4) is 0 Å². The van der Waals surface area contributed by atoms with E-state index in [1.54, 1.807) is 0 Å². The topological polar surface area (TPSA) is 106 Å². The Balaban J connectivity index is 2.70. The maximum absolute atomic E-state index is 12.1. The Morgan fingerprint density at radius 1 is 1.58 bits per heavy atom. The van der Waals surface area contributed by atoms with Crippen molar-refractivity contribution in [1.82, 2.24) is 20.3 Å². The molecular formula is C9H14F3N5O2. The second-order valence-electron chi connectivity index (χ2n) is 3.82. The fourth-order valence-corrected chi connectivity index (χ4v) is 1.36. The van der Waals surface area contributed by atoms with Crippen molar-refractivity contribution in [2.24, 2.45) is 5.73 Å². The number of carbonyl (C=O) groups excluding carboxylic acids is 1. The number of hydrogen-bond donors (Lipinski definition) is 3. The summed E-state index contributed by atoms with van der Waals surface area (Å²) in [6, 6.07) is -1.36. The first-order chi connectivity index (χ1) is 8.83. The predicted molar refractivity (Wildman–Crippen MR) is 57.7 cm³/mol. The van der Waals surface area contributed by atoms with E-state index < -0.39 is 24.7 Å². The lowest BCUT2D eigenvalue weighted by molar-refractivity contribution is -0.131. The van der Waals surface area contributed by atoms with Crippen LogP contribution < -0.4 is 11.1 Å².